The van der Waals surface area contributed by atoms with E-state index in [1.54, 1.807) is 13.2 Å². The molecule has 4 heteroatoms. The largest absolute Gasteiger partial charge is 0.494 e. The maximum atomic E-state index is 13.2. The summed E-state index contributed by atoms with van der Waals surface area (Å²) in [6.45, 7) is 0. The van der Waals surface area contributed by atoms with Crippen molar-refractivity contribution in [3.8, 4) is 5.75 Å². The lowest BCUT2D eigenvalue weighted by molar-refractivity contribution is 0.412. The molecule has 0 bridgehead atoms. The predicted molar refractivity (Wildman–Crippen MR) is 76.5 cm³/mol. The van der Waals surface area contributed by atoms with Gasteiger partial charge in [-0.25, -0.2) is 4.39 Å². The second-order valence-electron chi connectivity index (χ2n) is 4.39. The Kier molecular flexibility index (Phi) is 3.34. The number of thioether (sulfide) groups is 1. The molecule has 0 radical (unpaired) electrons. The van der Waals surface area contributed by atoms with Crippen LogP contribution in [0.1, 0.15) is 11.6 Å². The van der Waals surface area contributed by atoms with Crippen LogP contribution < -0.4 is 10.1 Å². The molecule has 1 aliphatic heterocycles. The molecule has 1 heterocycles. The third-order valence-electron chi connectivity index (χ3n) is 3.19. The van der Waals surface area contributed by atoms with Crippen molar-refractivity contribution in [1.82, 2.24) is 0 Å². The van der Waals surface area contributed by atoms with Crippen molar-refractivity contribution in [2.24, 2.45) is 0 Å². The first-order valence-electron chi connectivity index (χ1n) is 6.10. The number of ether oxygens (including phenoxy) is 1. The average Bonchev–Trinajstić information content (AvgIpc) is 2.84. The minimum atomic E-state index is -0.288. The number of hydrogen-bond acceptors (Lipinski definition) is 3. The zero-order chi connectivity index (χ0) is 13.2. The molecule has 0 aliphatic carbocycles. The lowest BCUT2D eigenvalue weighted by Crippen LogP contribution is -2.10. The molecule has 1 unspecified atom stereocenters. The van der Waals surface area contributed by atoms with E-state index >= 15 is 0 Å². The number of methoxy groups -OCH3 is 1. The van der Waals surface area contributed by atoms with Gasteiger partial charge in [0.2, 0.25) is 0 Å². The third-order valence-corrected chi connectivity index (χ3v) is 4.38. The van der Waals surface area contributed by atoms with Crippen LogP contribution in [0, 0.1) is 5.82 Å². The number of fused-ring (bicyclic) bond motifs is 1. The van der Waals surface area contributed by atoms with Gasteiger partial charge in [-0.15, -0.1) is 11.8 Å². The van der Waals surface area contributed by atoms with E-state index in [2.05, 4.69) is 17.4 Å². The Bertz CT molecular complexity index is 602. The summed E-state index contributed by atoms with van der Waals surface area (Å²) in [5, 5.41) is 3.43. The van der Waals surface area contributed by atoms with E-state index in [0.717, 1.165) is 11.4 Å². The van der Waals surface area contributed by atoms with Crippen LogP contribution in [-0.4, -0.2) is 12.9 Å². The van der Waals surface area contributed by atoms with Gasteiger partial charge in [-0.05, 0) is 23.8 Å². The van der Waals surface area contributed by atoms with Gasteiger partial charge in [-0.2, -0.15) is 0 Å². The van der Waals surface area contributed by atoms with Crippen LogP contribution in [-0.2, 0) is 0 Å². The SMILES string of the molecule is COc1cc(F)ccc1NC1CSc2ccccc21. The Balaban J connectivity index is 1.87. The van der Waals surface area contributed by atoms with Crippen LogP contribution in [0.4, 0.5) is 10.1 Å². The van der Waals surface area contributed by atoms with Gasteiger partial charge >= 0.3 is 0 Å². The molecule has 2 nitrogen and oxygen atoms in total. The highest BCUT2D eigenvalue weighted by Gasteiger charge is 2.23. The van der Waals surface area contributed by atoms with Gasteiger partial charge in [0.25, 0.3) is 0 Å². The van der Waals surface area contributed by atoms with E-state index in [9.17, 15) is 4.39 Å². The molecule has 2 aromatic rings. The summed E-state index contributed by atoms with van der Waals surface area (Å²) in [6.07, 6.45) is 0. The first-order valence-corrected chi connectivity index (χ1v) is 7.08. The average molecular weight is 275 g/mol. The summed E-state index contributed by atoms with van der Waals surface area (Å²) >= 11 is 1.83. The molecule has 0 saturated carbocycles. The van der Waals surface area contributed by atoms with Gasteiger partial charge in [0.05, 0.1) is 18.8 Å². The Morgan fingerprint density at radius 3 is 2.95 bits per heavy atom. The number of anilines is 1. The second kappa shape index (κ2) is 5.13. The second-order valence-corrected chi connectivity index (χ2v) is 5.45. The molecule has 19 heavy (non-hydrogen) atoms. The van der Waals surface area contributed by atoms with Crippen LogP contribution in [0.5, 0.6) is 5.75 Å². The third kappa shape index (κ3) is 2.40. The van der Waals surface area contributed by atoms with Crippen LogP contribution in [0.25, 0.3) is 0 Å². The number of rotatable bonds is 3. The number of benzene rings is 2. The smallest absolute Gasteiger partial charge is 0.144 e. The van der Waals surface area contributed by atoms with Crippen molar-refractivity contribution in [2.75, 3.05) is 18.2 Å². The molecule has 0 saturated heterocycles. The molecular formula is C15H14FNOS. The molecule has 1 atom stereocenters. The highest BCUT2D eigenvalue weighted by atomic mass is 32.2. The molecule has 3 rings (SSSR count). The lowest BCUT2D eigenvalue weighted by Gasteiger charge is -2.17. The highest BCUT2D eigenvalue weighted by Crippen LogP contribution is 2.40. The molecule has 98 valence electrons. The van der Waals surface area contributed by atoms with Crippen LogP contribution in [0.2, 0.25) is 0 Å². The summed E-state index contributed by atoms with van der Waals surface area (Å²) in [5.41, 5.74) is 2.12. The Morgan fingerprint density at radius 1 is 1.26 bits per heavy atom. The van der Waals surface area contributed by atoms with E-state index in [-0.39, 0.29) is 11.9 Å². The summed E-state index contributed by atoms with van der Waals surface area (Å²) in [6, 6.07) is 13.1. The quantitative estimate of drug-likeness (QED) is 0.911. The Labute approximate surface area is 116 Å². The molecule has 0 fully saturated rings. The lowest BCUT2D eigenvalue weighted by atomic mass is 10.1. The number of nitrogens with one attached hydrogen (secondary N) is 1. The summed E-state index contributed by atoms with van der Waals surface area (Å²) < 4.78 is 18.4. The number of halogens is 1. The van der Waals surface area contributed by atoms with Gasteiger partial charge in [0, 0.05) is 16.7 Å². The van der Waals surface area contributed by atoms with E-state index in [1.165, 1.54) is 22.6 Å². The highest BCUT2D eigenvalue weighted by molar-refractivity contribution is 7.99. The fraction of sp³-hybridized carbons (Fsp3) is 0.200. The summed E-state index contributed by atoms with van der Waals surface area (Å²) in [7, 11) is 1.55. The van der Waals surface area contributed by atoms with Gasteiger partial charge in [0.15, 0.2) is 0 Å². The molecule has 2 aromatic carbocycles. The molecule has 0 spiro atoms. The monoisotopic (exact) mass is 275 g/mol. The van der Waals surface area contributed by atoms with E-state index in [0.29, 0.717) is 5.75 Å². The van der Waals surface area contributed by atoms with Gasteiger partial charge < -0.3 is 10.1 Å². The first kappa shape index (κ1) is 12.4. The maximum absolute atomic E-state index is 13.2. The summed E-state index contributed by atoms with van der Waals surface area (Å²) in [5.74, 6) is 1.22. The van der Waals surface area contributed by atoms with E-state index < -0.39 is 0 Å². The molecule has 0 aromatic heterocycles. The Hall–Kier alpha value is -1.68. The topological polar surface area (TPSA) is 21.3 Å². The van der Waals surface area contributed by atoms with E-state index in [1.807, 2.05) is 23.9 Å². The fourth-order valence-electron chi connectivity index (χ4n) is 2.25. The van der Waals surface area contributed by atoms with Crippen molar-refractivity contribution >= 4 is 17.4 Å². The normalized spacial score (nSPS) is 17.1. The van der Waals surface area contributed by atoms with Crippen molar-refractivity contribution in [2.45, 2.75) is 10.9 Å². The van der Waals surface area contributed by atoms with Crippen LogP contribution >= 0.6 is 11.8 Å². The van der Waals surface area contributed by atoms with Gasteiger partial charge in [-0.1, -0.05) is 18.2 Å². The standard InChI is InChI=1S/C15H14FNOS/c1-18-14-8-10(16)6-7-12(14)17-13-9-19-15-5-3-2-4-11(13)15/h2-8,13,17H,9H2,1H3. The van der Waals surface area contributed by atoms with Gasteiger partial charge in [0.1, 0.15) is 11.6 Å². The molecule has 0 amide bonds. The molecule has 1 aliphatic rings. The zero-order valence-corrected chi connectivity index (χ0v) is 11.3. The first-order chi connectivity index (χ1) is 9.28. The van der Waals surface area contributed by atoms with Crippen LogP contribution in [0.15, 0.2) is 47.4 Å². The molecule has 1 N–H and O–H groups in total. The van der Waals surface area contributed by atoms with Crippen molar-refractivity contribution in [3.05, 3.63) is 53.8 Å². The van der Waals surface area contributed by atoms with Crippen molar-refractivity contribution < 1.29 is 9.13 Å². The van der Waals surface area contributed by atoms with E-state index in [4.69, 9.17) is 4.74 Å². The Morgan fingerprint density at radius 2 is 2.11 bits per heavy atom. The summed E-state index contributed by atoms with van der Waals surface area (Å²) in [4.78, 5) is 1.31. The maximum Gasteiger partial charge on any atom is 0.144 e. The fourth-order valence-corrected chi connectivity index (χ4v) is 3.42. The van der Waals surface area contributed by atoms with Crippen LogP contribution in [0.3, 0.4) is 0 Å². The van der Waals surface area contributed by atoms with Crippen molar-refractivity contribution in [3.63, 3.8) is 0 Å². The minimum Gasteiger partial charge on any atom is -0.494 e. The number of hydrogen-bond donors (Lipinski definition) is 1. The van der Waals surface area contributed by atoms with Gasteiger partial charge in [-0.3, -0.25) is 0 Å². The minimum absolute atomic E-state index is 0.237. The molecular weight excluding hydrogens is 261 g/mol. The van der Waals surface area contributed by atoms with Crippen molar-refractivity contribution in [1.29, 1.82) is 0 Å². The predicted octanol–water partition coefficient (Wildman–Crippen LogP) is 4.09. The zero-order valence-electron chi connectivity index (χ0n) is 10.5.